The molecule has 2 aromatic rings. The minimum atomic E-state index is -1.26. The molecule has 0 aliphatic carbocycles. The predicted octanol–water partition coefficient (Wildman–Crippen LogP) is 3.70. The summed E-state index contributed by atoms with van der Waals surface area (Å²) in [5, 5.41) is 3.07. The van der Waals surface area contributed by atoms with Crippen molar-refractivity contribution in [1.29, 1.82) is 0 Å². The molecule has 25 heavy (non-hydrogen) atoms. The van der Waals surface area contributed by atoms with Gasteiger partial charge in [0.2, 0.25) is 0 Å². The fraction of sp³-hybridized carbons (Fsp3) is 0.278. The van der Waals surface area contributed by atoms with Crippen molar-refractivity contribution >= 4 is 11.7 Å². The molecule has 0 saturated carbocycles. The number of rotatable bonds is 7. The van der Waals surface area contributed by atoms with Crippen molar-refractivity contribution in [1.82, 2.24) is 0 Å². The summed E-state index contributed by atoms with van der Waals surface area (Å²) in [6.07, 6.45) is -0.0921. The Morgan fingerprint density at radius 2 is 1.68 bits per heavy atom. The lowest BCUT2D eigenvalue weighted by molar-refractivity contribution is -0.140. The van der Waals surface area contributed by atoms with Crippen molar-refractivity contribution in [3.05, 3.63) is 59.4 Å². The zero-order valence-electron chi connectivity index (χ0n) is 13.8. The number of nitrogens with one attached hydrogen (secondary N) is 1. The minimum Gasteiger partial charge on any atom is -0.497 e. The quantitative estimate of drug-likeness (QED) is 0.609. The molecule has 4 nitrogen and oxygen atoms in total. The average Bonchev–Trinajstić information content (AvgIpc) is 2.60. The van der Waals surface area contributed by atoms with Crippen LogP contribution in [0.4, 0.5) is 18.9 Å². The molecule has 0 heterocycles. The maximum atomic E-state index is 13.9. The van der Waals surface area contributed by atoms with Gasteiger partial charge < -0.3 is 14.8 Å². The third-order valence-corrected chi connectivity index (χ3v) is 3.66. The Morgan fingerprint density at radius 3 is 2.28 bits per heavy atom. The van der Waals surface area contributed by atoms with Crippen molar-refractivity contribution in [2.75, 3.05) is 19.5 Å². The number of carbonyl (C=O) groups excluding carboxylic acids is 1. The van der Waals surface area contributed by atoms with Crippen LogP contribution in [0.1, 0.15) is 12.0 Å². The van der Waals surface area contributed by atoms with Crippen molar-refractivity contribution in [2.24, 2.45) is 0 Å². The minimum absolute atomic E-state index is 0.0236. The monoisotopic (exact) mass is 353 g/mol. The van der Waals surface area contributed by atoms with Crippen molar-refractivity contribution < 1.29 is 27.4 Å². The topological polar surface area (TPSA) is 47.6 Å². The van der Waals surface area contributed by atoms with E-state index in [9.17, 15) is 18.0 Å². The maximum Gasteiger partial charge on any atom is 0.307 e. The number of anilines is 1. The normalized spacial score (nSPS) is 11.7. The largest absolute Gasteiger partial charge is 0.497 e. The highest BCUT2D eigenvalue weighted by Gasteiger charge is 2.19. The lowest BCUT2D eigenvalue weighted by Crippen LogP contribution is -2.27. The fourth-order valence-electron chi connectivity index (χ4n) is 2.37. The number of benzene rings is 2. The van der Waals surface area contributed by atoms with E-state index in [2.05, 4.69) is 10.1 Å². The van der Waals surface area contributed by atoms with Gasteiger partial charge in [0.25, 0.3) is 0 Å². The van der Waals surface area contributed by atoms with E-state index in [-0.39, 0.29) is 18.4 Å². The summed E-state index contributed by atoms with van der Waals surface area (Å²) in [6.45, 7) is 0. The van der Waals surface area contributed by atoms with Gasteiger partial charge in [-0.25, -0.2) is 13.2 Å². The molecule has 2 rings (SSSR count). The van der Waals surface area contributed by atoms with Gasteiger partial charge in [-0.1, -0.05) is 0 Å². The van der Waals surface area contributed by atoms with E-state index in [1.54, 1.807) is 24.3 Å². The van der Waals surface area contributed by atoms with Gasteiger partial charge in [0.1, 0.15) is 11.6 Å². The Balaban J connectivity index is 2.20. The summed E-state index contributed by atoms with van der Waals surface area (Å²) in [7, 11) is 2.78. The Bertz CT molecular complexity index is 735. The van der Waals surface area contributed by atoms with Gasteiger partial charge in [-0.05, 0) is 42.3 Å². The number of methoxy groups -OCH3 is 2. The number of carbonyl (C=O) groups is 1. The summed E-state index contributed by atoms with van der Waals surface area (Å²) >= 11 is 0. The zero-order valence-corrected chi connectivity index (χ0v) is 13.8. The number of hydrogen-bond donors (Lipinski definition) is 1. The van der Waals surface area contributed by atoms with Gasteiger partial charge >= 0.3 is 5.97 Å². The smallest absolute Gasteiger partial charge is 0.307 e. The molecule has 0 saturated heterocycles. The maximum absolute atomic E-state index is 13.9. The Hall–Kier alpha value is -2.70. The fourth-order valence-corrected chi connectivity index (χ4v) is 2.37. The molecule has 0 radical (unpaired) electrons. The highest BCUT2D eigenvalue weighted by atomic mass is 19.2. The van der Waals surface area contributed by atoms with Crippen LogP contribution in [0.15, 0.2) is 36.4 Å². The first-order chi connectivity index (χ1) is 11.9. The first-order valence-electron chi connectivity index (χ1n) is 7.53. The van der Waals surface area contributed by atoms with E-state index < -0.39 is 29.5 Å². The summed E-state index contributed by atoms with van der Waals surface area (Å²) in [6, 6.07) is 7.61. The summed E-state index contributed by atoms with van der Waals surface area (Å²) in [4.78, 5) is 11.6. The van der Waals surface area contributed by atoms with Crippen LogP contribution >= 0.6 is 0 Å². The summed E-state index contributed by atoms with van der Waals surface area (Å²) < 4.78 is 50.0. The second-order valence-corrected chi connectivity index (χ2v) is 5.41. The highest BCUT2D eigenvalue weighted by Crippen LogP contribution is 2.20. The molecule has 1 N–H and O–H groups in total. The molecule has 1 atom stereocenters. The van der Waals surface area contributed by atoms with Crippen LogP contribution in [-0.2, 0) is 16.0 Å². The molecule has 0 aliphatic rings. The van der Waals surface area contributed by atoms with Gasteiger partial charge in [-0.3, -0.25) is 4.79 Å². The predicted molar refractivity (Wildman–Crippen MR) is 87.1 cm³/mol. The second-order valence-electron chi connectivity index (χ2n) is 5.41. The standard InChI is InChI=1S/C18H18F3NO3/c1-24-14-5-3-12(4-6-14)22-13(9-18(23)25-2)7-11-8-16(20)17(21)10-15(11)19/h3-6,8,10,13,22H,7,9H2,1-2H3. The van der Waals surface area contributed by atoms with Crippen LogP contribution in [0.5, 0.6) is 5.75 Å². The van der Waals surface area contributed by atoms with Crippen LogP contribution in [0, 0.1) is 17.5 Å². The Kier molecular flexibility index (Phi) is 6.27. The zero-order chi connectivity index (χ0) is 18.4. The lowest BCUT2D eigenvalue weighted by Gasteiger charge is -2.20. The van der Waals surface area contributed by atoms with Crippen molar-refractivity contribution in [3.8, 4) is 5.75 Å². The summed E-state index contributed by atoms with van der Waals surface area (Å²) in [5.41, 5.74) is 0.631. The van der Waals surface area contributed by atoms with Crippen LogP contribution < -0.4 is 10.1 Å². The van der Waals surface area contributed by atoms with E-state index in [4.69, 9.17) is 4.74 Å². The first kappa shape index (κ1) is 18.6. The van der Waals surface area contributed by atoms with Crippen LogP contribution in [-0.4, -0.2) is 26.2 Å². The van der Waals surface area contributed by atoms with Crippen molar-refractivity contribution in [3.63, 3.8) is 0 Å². The van der Waals surface area contributed by atoms with Gasteiger partial charge in [-0.15, -0.1) is 0 Å². The highest BCUT2D eigenvalue weighted by molar-refractivity contribution is 5.70. The Morgan fingerprint density at radius 1 is 1.04 bits per heavy atom. The number of ether oxygens (including phenoxy) is 2. The van der Waals surface area contributed by atoms with Crippen LogP contribution in [0.2, 0.25) is 0 Å². The molecular weight excluding hydrogens is 335 g/mol. The number of esters is 1. The molecule has 1 unspecified atom stereocenters. The molecule has 0 fully saturated rings. The van der Waals surface area contributed by atoms with Crippen molar-refractivity contribution in [2.45, 2.75) is 18.9 Å². The van der Waals surface area contributed by atoms with E-state index in [1.165, 1.54) is 14.2 Å². The van der Waals surface area contributed by atoms with Crippen LogP contribution in [0.3, 0.4) is 0 Å². The molecule has 0 bridgehead atoms. The third-order valence-electron chi connectivity index (χ3n) is 3.66. The van der Waals surface area contributed by atoms with E-state index in [0.29, 0.717) is 17.5 Å². The summed E-state index contributed by atoms with van der Waals surface area (Å²) in [5.74, 6) is -3.12. The Labute approximate surface area is 143 Å². The lowest BCUT2D eigenvalue weighted by atomic mass is 10.0. The molecule has 0 amide bonds. The second kappa shape index (κ2) is 8.41. The van der Waals surface area contributed by atoms with Crippen LogP contribution in [0.25, 0.3) is 0 Å². The molecule has 7 heteroatoms. The van der Waals surface area contributed by atoms with Gasteiger partial charge in [-0.2, -0.15) is 0 Å². The molecule has 134 valence electrons. The molecule has 0 aliphatic heterocycles. The molecule has 0 spiro atoms. The average molecular weight is 353 g/mol. The van der Waals surface area contributed by atoms with Gasteiger partial charge in [0.15, 0.2) is 11.6 Å². The van der Waals surface area contributed by atoms with Gasteiger partial charge in [0, 0.05) is 17.8 Å². The molecular formula is C18H18F3NO3. The molecule has 2 aromatic carbocycles. The van der Waals surface area contributed by atoms with Gasteiger partial charge in [0.05, 0.1) is 20.6 Å². The SMILES string of the molecule is COC(=O)CC(Cc1cc(F)c(F)cc1F)Nc1ccc(OC)cc1. The number of halogens is 3. The molecule has 0 aromatic heterocycles. The van der Waals surface area contributed by atoms with E-state index in [1.807, 2.05) is 0 Å². The number of hydrogen-bond acceptors (Lipinski definition) is 4. The van der Waals surface area contributed by atoms with E-state index >= 15 is 0 Å². The van der Waals surface area contributed by atoms with E-state index in [0.717, 1.165) is 6.07 Å². The first-order valence-corrected chi connectivity index (χ1v) is 7.53. The third kappa shape index (κ3) is 5.14.